The van der Waals surface area contributed by atoms with Crippen molar-refractivity contribution in [2.75, 3.05) is 5.32 Å². The molecule has 0 amide bonds. The molecule has 2 aromatic carbocycles. The van der Waals surface area contributed by atoms with E-state index in [2.05, 4.69) is 25.4 Å². The van der Waals surface area contributed by atoms with E-state index >= 15 is 0 Å². The van der Waals surface area contributed by atoms with Gasteiger partial charge in [-0.1, -0.05) is 36.4 Å². The molecule has 9 heteroatoms. The monoisotopic (exact) mass is 507 g/mol. The minimum atomic E-state index is -0.324. The summed E-state index contributed by atoms with van der Waals surface area (Å²) in [5.41, 5.74) is 4.38. The van der Waals surface area contributed by atoms with Gasteiger partial charge in [0, 0.05) is 36.4 Å². The minimum absolute atomic E-state index is 0.115. The molecule has 0 aliphatic heterocycles. The van der Waals surface area contributed by atoms with Crippen molar-refractivity contribution in [2.24, 2.45) is 7.05 Å². The second-order valence-corrected chi connectivity index (χ2v) is 9.13. The predicted molar refractivity (Wildman–Crippen MR) is 146 cm³/mol. The van der Waals surface area contributed by atoms with E-state index in [1.165, 1.54) is 0 Å². The molecule has 182 valence electrons. The standard InChI is InChI=1S/C28H22ClN7O/c1-17(32-26-25-22(12-7-13-30-25)33-28(29)34-26)23-14-18-8-6-11-21(19-15-31-35(2)16-19)24(18)27(37)36(23)20-9-4-3-5-10-20/h3-17H,1-2H3,(H,32,33,34)/t17-/m0/s1. The Hall–Kier alpha value is -4.56. The number of pyridine rings is 2. The third kappa shape index (κ3) is 4.11. The number of nitrogens with zero attached hydrogens (tertiary/aromatic N) is 6. The smallest absolute Gasteiger partial charge is 0.263 e. The van der Waals surface area contributed by atoms with Gasteiger partial charge in [0.25, 0.3) is 5.56 Å². The second kappa shape index (κ2) is 9.15. The van der Waals surface area contributed by atoms with Crippen LogP contribution in [0.25, 0.3) is 38.6 Å². The molecule has 1 atom stereocenters. The Bertz CT molecular complexity index is 1830. The largest absolute Gasteiger partial charge is 0.360 e. The number of hydrogen-bond donors (Lipinski definition) is 1. The Morgan fingerprint density at radius 1 is 1.00 bits per heavy atom. The highest BCUT2D eigenvalue weighted by Gasteiger charge is 2.20. The lowest BCUT2D eigenvalue weighted by Crippen LogP contribution is -2.26. The van der Waals surface area contributed by atoms with Crippen LogP contribution in [0.1, 0.15) is 18.7 Å². The maximum atomic E-state index is 14.2. The van der Waals surface area contributed by atoms with Gasteiger partial charge in [-0.15, -0.1) is 0 Å². The first-order valence-electron chi connectivity index (χ1n) is 11.8. The molecule has 37 heavy (non-hydrogen) atoms. The van der Waals surface area contributed by atoms with Gasteiger partial charge in [-0.2, -0.15) is 10.1 Å². The van der Waals surface area contributed by atoms with Crippen LogP contribution in [0.4, 0.5) is 5.82 Å². The average Bonchev–Trinajstić information content (AvgIpc) is 3.34. The van der Waals surface area contributed by atoms with Crippen LogP contribution in [0.5, 0.6) is 0 Å². The lowest BCUT2D eigenvalue weighted by molar-refractivity contribution is 0.768. The van der Waals surface area contributed by atoms with Crippen molar-refractivity contribution in [2.45, 2.75) is 13.0 Å². The van der Waals surface area contributed by atoms with E-state index in [-0.39, 0.29) is 16.9 Å². The van der Waals surface area contributed by atoms with E-state index in [0.717, 1.165) is 27.9 Å². The number of fused-ring (bicyclic) bond motifs is 2. The first-order chi connectivity index (χ1) is 18.0. The van der Waals surface area contributed by atoms with Gasteiger partial charge in [0.05, 0.1) is 23.1 Å². The van der Waals surface area contributed by atoms with Crippen LogP contribution in [-0.2, 0) is 7.05 Å². The number of nitrogens with one attached hydrogen (secondary N) is 1. The Morgan fingerprint density at radius 2 is 1.84 bits per heavy atom. The van der Waals surface area contributed by atoms with Gasteiger partial charge in [0.1, 0.15) is 5.52 Å². The third-order valence-electron chi connectivity index (χ3n) is 6.33. The van der Waals surface area contributed by atoms with E-state index in [1.54, 1.807) is 27.7 Å². The molecule has 0 unspecified atom stereocenters. The Morgan fingerprint density at radius 3 is 2.62 bits per heavy atom. The summed E-state index contributed by atoms with van der Waals surface area (Å²) in [7, 11) is 1.86. The number of aryl methyl sites for hydroxylation is 1. The van der Waals surface area contributed by atoms with E-state index < -0.39 is 0 Å². The van der Waals surface area contributed by atoms with Crippen molar-refractivity contribution < 1.29 is 0 Å². The van der Waals surface area contributed by atoms with E-state index in [4.69, 9.17) is 11.6 Å². The van der Waals surface area contributed by atoms with E-state index in [0.29, 0.717) is 22.2 Å². The van der Waals surface area contributed by atoms with Crippen LogP contribution in [-0.4, -0.2) is 29.3 Å². The summed E-state index contributed by atoms with van der Waals surface area (Å²) < 4.78 is 3.48. The summed E-state index contributed by atoms with van der Waals surface area (Å²) in [5, 5.41) is 9.32. The number of anilines is 1. The number of para-hydroxylation sites is 1. The number of halogens is 1. The first-order valence-corrected chi connectivity index (χ1v) is 12.2. The predicted octanol–water partition coefficient (Wildman–Crippen LogP) is 5.56. The molecule has 4 aromatic heterocycles. The fourth-order valence-corrected chi connectivity index (χ4v) is 4.84. The molecule has 0 radical (unpaired) electrons. The topological polar surface area (TPSA) is 90.5 Å². The number of hydrogen-bond acceptors (Lipinski definition) is 6. The molecule has 8 nitrogen and oxygen atoms in total. The molecular formula is C28H22ClN7O. The van der Waals surface area contributed by atoms with Crippen molar-refractivity contribution in [1.82, 2.24) is 29.3 Å². The van der Waals surface area contributed by atoms with Crippen LogP contribution < -0.4 is 10.9 Å². The normalized spacial score (nSPS) is 12.2. The number of benzene rings is 2. The van der Waals surface area contributed by atoms with Crippen molar-refractivity contribution in [3.63, 3.8) is 0 Å². The Labute approximate surface area is 217 Å². The summed E-state index contributed by atoms with van der Waals surface area (Å²) in [6, 6.07) is 20.8. The highest BCUT2D eigenvalue weighted by Crippen LogP contribution is 2.30. The molecule has 6 aromatic rings. The molecule has 0 spiro atoms. The maximum Gasteiger partial charge on any atom is 0.263 e. The molecule has 0 saturated carbocycles. The Balaban J connectivity index is 1.57. The Kier molecular flexibility index (Phi) is 5.65. The van der Waals surface area contributed by atoms with Gasteiger partial charge in [-0.3, -0.25) is 19.0 Å². The summed E-state index contributed by atoms with van der Waals surface area (Å²) in [5.74, 6) is 0.499. The molecule has 6 rings (SSSR count). The summed E-state index contributed by atoms with van der Waals surface area (Å²) >= 11 is 6.21. The zero-order valence-corrected chi connectivity index (χ0v) is 20.9. The molecule has 4 heterocycles. The van der Waals surface area contributed by atoms with Gasteiger partial charge in [-0.25, -0.2) is 4.98 Å². The molecule has 0 saturated heterocycles. The van der Waals surface area contributed by atoms with Crippen LogP contribution in [0.2, 0.25) is 5.28 Å². The van der Waals surface area contributed by atoms with Crippen molar-refractivity contribution in [1.29, 1.82) is 0 Å². The minimum Gasteiger partial charge on any atom is -0.360 e. The highest BCUT2D eigenvalue weighted by molar-refractivity contribution is 6.28. The molecule has 0 aliphatic rings. The van der Waals surface area contributed by atoms with Crippen LogP contribution >= 0.6 is 11.6 Å². The fourth-order valence-electron chi connectivity index (χ4n) is 4.66. The van der Waals surface area contributed by atoms with E-state index in [9.17, 15) is 4.79 Å². The molecule has 0 fully saturated rings. The first kappa shape index (κ1) is 22.9. The van der Waals surface area contributed by atoms with Crippen molar-refractivity contribution in [3.05, 3.63) is 107 Å². The summed E-state index contributed by atoms with van der Waals surface area (Å²) in [6.45, 7) is 1.98. The van der Waals surface area contributed by atoms with Crippen molar-refractivity contribution in [3.8, 4) is 16.8 Å². The zero-order valence-electron chi connectivity index (χ0n) is 20.1. The highest BCUT2D eigenvalue weighted by atomic mass is 35.5. The van der Waals surface area contributed by atoms with Gasteiger partial charge < -0.3 is 5.32 Å². The SMILES string of the molecule is C[C@H](Nc1nc(Cl)nc2cccnc12)c1cc2cccc(-c3cnn(C)c3)c2c(=O)n1-c1ccccc1. The fraction of sp³-hybridized carbons (Fsp3) is 0.107. The van der Waals surface area contributed by atoms with Gasteiger partial charge in [0.2, 0.25) is 5.28 Å². The molecule has 0 aliphatic carbocycles. The van der Waals surface area contributed by atoms with Gasteiger partial charge in [-0.05, 0) is 59.8 Å². The van der Waals surface area contributed by atoms with E-state index in [1.807, 2.05) is 80.8 Å². The number of rotatable bonds is 5. The number of aromatic nitrogens is 6. The van der Waals surface area contributed by atoms with Crippen LogP contribution in [0, 0.1) is 0 Å². The molecule has 1 N–H and O–H groups in total. The van der Waals surface area contributed by atoms with Gasteiger partial charge in [0.15, 0.2) is 5.82 Å². The lowest BCUT2D eigenvalue weighted by Gasteiger charge is -2.22. The zero-order chi connectivity index (χ0) is 25.5. The van der Waals surface area contributed by atoms with Crippen molar-refractivity contribution >= 4 is 39.2 Å². The van der Waals surface area contributed by atoms with Crippen LogP contribution in [0.15, 0.2) is 90.1 Å². The summed E-state index contributed by atoms with van der Waals surface area (Å²) in [4.78, 5) is 27.3. The maximum absolute atomic E-state index is 14.2. The lowest BCUT2D eigenvalue weighted by atomic mass is 9.99. The van der Waals surface area contributed by atoms with Gasteiger partial charge >= 0.3 is 0 Å². The molecule has 0 bridgehead atoms. The quantitative estimate of drug-likeness (QED) is 0.307. The molecular weight excluding hydrogens is 486 g/mol. The second-order valence-electron chi connectivity index (χ2n) is 8.80. The average molecular weight is 508 g/mol. The summed E-state index contributed by atoms with van der Waals surface area (Å²) in [6.07, 6.45) is 5.37. The third-order valence-corrected chi connectivity index (χ3v) is 6.50. The van der Waals surface area contributed by atoms with Crippen LogP contribution in [0.3, 0.4) is 0 Å².